The zero-order chi connectivity index (χ0) is 22.5. The molecule has 4 rings (SSSR count). The first-order valence-electron chi connectivity index (χ1n) is 9.89. The molecule has 11 heteroatoms. The Morgan fingerprint density at radius 3 is 2.61 bits per heavy atom. The van der Waals surface area contributed by atoms with Gasteiger partial charge in [0.1, 0.15) is 41.6 Å². The fraction of sp³-hybridized carbons (Fsp3) is 0.450. The van der Waals surface area contributed by atoms with Gasteiger partial charge in [0.15, 0.2) is 5.82 Å². The van der Waals surface area contributed by atoms with Crippen LogP contribution in [0.3, 0.4) is 0 Å². The van der Waals surface area contributed by atoms with Crippen LogP contribution in [0.4, 0.5) is 4.39 Å². The van der Waals surface area contributed by atoms with Crippen LogP contribution >= 0.6 is 0 Å². The highest BCUT2D eigenvalue weighted by molar-refractivity contribution is 7.86. The Bertz CT molecular complexity index is 1250. The lowest BCUT2D eigenvalue weighted by molar-refractivity contribution is 0.231. The Balaban J connectivity index is 1.84. The molecule has 2 aromatic heterocycles. The molecule has 0 radical (unpaired) electrons. The van der Waals surface area contributed by atoms with Gasteiger partial charge in [-0.2, -0.15) is 13.5 Å². The van der Waals surface area contributed by atoms with E-state index in [0.29, 0.717) is 47.6 Å². The molecule has 9 nitrogen and oxygen atoms in total. The fourth-order valence-corrected chi connectivity index (χ4v) is 4.25. The molecule has 3 aromatic rings. The molecular formula is C20H24FN5O4S. The lowest BCUT2D eigenvalue weighted by Crippen LogP contribution is -2.09. The van der Waals surface area contributed by atoms with E-state index in [4.69, 9.17) is 13.9 Å². The second kappa shape index (κ2) is 7.72. The van der Waals surface area contributed by atoms with Crippen molar-refractivity contribution in [3.8, 4) is 28.7 Å². The summed E-state index contributed by atoms with van der Waals surface area (Å²) in [5.74, 6) is 1.60. The largest absolute Gasteiger partial charge is 0.491 e. The van der Waals surface area contributed by atoms with Crippen molar-refractivity contribution in [2.75, 3.05) is 12.9 Å². The van der Waals surface area contributed by atoms with Crippen molar-refractivity contribution in [1.29, 1.82) is 0 Å². The highest BCUT2D eigenvalue weighted by Crippen LogP contribution is 2.38. The van der Waals surface area contributed by atoms with Gasteiger partial charge in [0, 0.05) is 23.9 Å². The van der Waals surface area contributed by atoms with E-state index in [1.54, 1.807) is 0 Å². The fourth-order valence-electron chi connectivity index (χ4n) is 3.62. The number of imidazole rings is 1. The first-order chi connectivity index (χ1) is 14.5. The number of hydrogen-bond acceptors (Lipinski definition) is 7. The van der Waals surface area contributed by atoms with Gasteiger partial charge in [0.05, 0.1) is 18.4 Å². The van der Waals surface area contributed by atoms with Gasteiger partial charge in [-0.15, -0.1) is 0 Å². The summed E-state index contributed by atoms with van der Waals surface area (Å²) >= 11 is 0. The van der Waals surface area contributed by atoms with E-state index in [2.05, 4.69) is 10.1 Å². The first kappa shape index (κ1) is 21.4. The highest BCUT2D eigenvalue weighted by atomic mass is 32.2. The van der Waals surface area contributed by atoms with E-state index in [1.165, 1.54) is 19.1 Å². The van der Waals surface area contributed by atoms with Crippen LogP contribution in [0.1, 0.15) is 44.3 Å². The zero-order valence-electron chi connectivity index (χ0n) is 18.0. The number of nitrogens with zero attached hydrogens (tertiary/aromatic N) is 5. The molecule has 0 fully saturated rings. The van der Waals surface area contributed by atoms with Gasteiger partial charge in [-0.1, -0.05) is 0 Å². The van der Waals surface area contributed by atoms with Gasteiger partial charge in [-0.25, -0.2) is 19.0 Å². The van der Waals surface area contributed by atoms with Crippen molar-refractivity contribution in [2.45, 2.75) is 46.4 Å². The lowest BCUT2D eigenvalue weighted by atomic mass is 10.0. The van der Waals surface area contributed by atoms with Gasteiger partial charge in [-0.05, 0) is 33.8 Å². The monoisotopic (exact) mass is 449 g/mol. The minimum absolute atomic E-state index is 0.100. The number of aromatic nitrogens is 5. The number of fused-ring (bicyclic) bond motifs is 3. The normalized spacial score (nSPS) is 14.7. The van der Waals surface area contributed by atoms with Crippen molar-refractivity contribution in [1.82, 2.24) is 24.3 Å². The second-order valence-electron chi connectivity index (χ2n) is 7.83. The topological polar surface area (TPSA) is 101 Å². The van der Waals surface area contributed by atoms with Crippen molar-refractivity contribution < 1.29 is 21.7 Å². The van der Waals surface area contributed by atoms with Crippen LogP contribution in [-0.4, -0.2) is 45.6 Å². The molecule has 0 aliphatic carbocycles. The Hall–Kier alpha value is -2.79. The summed E-state index contributed by atoms with van der Waals surface area (Å²) in [6.45, 7) is 8.18. The summed E-state index contributed by atoms with van der Waals surface area (Å²) in [6.07, 6.45) is 1.80. The maximum absolute atomic E-state index is 14.7. The minimum Gasteiger partial charge on any atom is -0.491 e. The molecule has 31 heavy (non-hydrogen) atoms. The number of hydrogen-bond donors (Lipinski definition) is 0. The quantitative estimate of drug-likeness (QED) is 0.551. The Kier molecular flexibility index (Phi) is 5.34. The summed E-state index contributed by atoms with van der Waals surface area (Å²) in [6, 6.07) is 2.88. The SMILES string of the molecule is Cc1nc(-c2cn3c(n2)-c2cc(C(C)OS(C)(=O)=O)c(F)cc2OCC3)n(C(C)C)n1. The van der Waals surface area contributed by atoms with Crippen molar-refractivity contribution >= 4 is 10.1 Å². The average Bonchev–Trinajstić information content (AvgIpc) is 3.20. The van der Waals surface area contributed by atoms with Crippen LogP contribution in [0.2, 0.25) is 0 Å². The standard InChI is InChI=1S/C20H24FN5O4S/c1-11(2)26-20(22-13(4)24-26)17-10-25-6-7-29-18-9-16(21)14(8-15(18)19(25)23-17)12(3)30-31(5,27)28/h8-12H,6-7H2,1-5H3. The van der Waals surface area contributed by atoms with Gasteiger partial charge < -0.3 is 9.30 Å². The third kappa shape index (κ3) is 4.19. The summed E-state index contributed by atoms with van der Waals surface area (Å²) in [5.41, 5.74) is 1.30. The van der Waals surface area contributed by atoms with E-state index >= 15 is 0 Å². The average molecular weight is 450 g/mol. The molecule has 0 saturated carbocycles. The van der Waals surface area contributed by atoms with Gasteiger partial charge in [-0.3, -0.25) is 4.18 Å². The predicted molar refractivity (Wildman–Crippen MR) is 112 cm³/mol. The van der Waals surface area contributed by atoms with E-state index < -0.39 is 22.0 Å². The van der Waals surface area contributed by atoms with E-state index in [9.17, 15) is 12.8 Å². The molecule has 0 N–H and O–H groups in total. The van der Waals surface area contributed by atoms with Crippen LogP contribution in [-0.2, 0) is 20.8 Å². The number of aryl methyl sites for hydroxylation is 1. The van der Waals surface area contributed by atoms with E-state index in [0.717, 1.165) is 6.26 Å². The Morgan fingerprint density at radius 2 is 1.94 bits per heavy atom. The Morgan fingerprint density at radius 1 is 1.19 bits per heavy atom. The molecule has 1 aliphatic rings. The number of halogens is 1. The third-order valence-corrected chi connectivity index (χ3v) is 5.56. The van der Waals surface area contributed by atoms with Gasteiger partial charge >= 0.3 is 0 Å². The zero-order valence-corrected chi connectivity index (χ0v) is 18.8. The smallest absolute Gasteiger partial charge is 0.264 e. The highest BCUT2D eigenvalue weighted by Gasteiger charge is 2.26. The van der Waals surface area contributed by atoms with Gasteiger partial charge in [0.25, 0.3) is 10.1 Å². The van der Waals surface area contributed by atoms with Crippen molar-refractivity contribution in [3.63, 3.8) is 0 Å². The summed E-state index contributed by atoms with van der Waals surface area (Å²) in [5, 5.41) is 4.45. The molecule has 0 saturated heterocycles. The number of rotatable bonds is 5. The summed E-state index contributed by atoms with van der Waals surface area (Å²) in [7, 11) is -3.76. The molecule has 1 unspecified atom stereocenters. The molecule has 3 heterocycles. The minimum atomic E-state index is -3.76. The molecule has 1 aliphatic heterocycles. The van der Waals surface area contributed by atoms with E-state index in [1.807, 2.05) is 36.2 Å². The predicted octanol–water partition coefficient (Wildman–Crippen LogP) is 3.27. The van der Waals surface area contributed by atoms with Crippen LogP contribution in [0, 0.1) is 12.7 Å². The van der Waals surface area contributed by atoms with Crippen molar-refractivity contribution in [3.05, 3.63) is 35.5 Å². The molecular weight excluding hydrogens is 425 g/mol. The van der Waals surface area contributed by atoms with Crippen LogP contribution in [0.15, 0.2) is 18.3 Å². The van der Waals surface area contributed by atoms with Gasteiger partial charge in [0.2, 0.25) is 0 Å². The molecule has 1 aromatic carbocycles. The van der Waals surface area contributed by atoms with Crippen molar-refractivity contribution in [2.24, 2.45) is 0 Å². The first-order valence-corrected chi connectivity index (χ1v) is 11.7. The summed E-state index contributed by atoms with van der Waals surface area (Å²) < 4.78 is 52.2. The van der Waals surface area contributed by atoms with E-state index in [-0.39, 0.29) is 11.6 Å². The van der Waals surface area contributed by atoms with Crippen LogP contribution in [0.25, 0.3) is 22.9 Å². The van der Waals surface area contributed by atoms with Crippen LogP contribution in [0.5, 0.6) is 5.75 Å². The molecule has 0 bridgehead atoms. The third-order valence-electron chi connectivity index (χ3n) is 4.92. The molecule has 0 spiro atoms. The molecule has 0 amide bonds. The maximum Gasteiger partial charge on any atom is 0.264 e. The molecule has 166 valence electrons. The second-order valence-corrected chi connectivity index (χ2v) is 9.43. The summed E-state index contributed by atoms with van der Waals surface area (Å²) in [4.78, 5) is 9.28. The number of ether oxygens (including phenoxy) is 1. The number of benzene rings is 1. The Labute approximate surface area is 180 Å². The van der Waals surface area contributed by atoms with Crippen LogP contribution < -0.4 is 4.74 Å². The maximum atomic E-state index is 14.7. The molecule has 1 atom stereocenters. The lowest BCUT2D eigenvalue weighted by Gasteiger charge is -2.15.